The molecule has 0 aromatic carbocycles. The molecule has 0 aliphatic rings. The highest BCUT2D eigenvalue weighted by molar-refractivity contribution is 5.71. The molecule has 6 heteroatoms. The third-order valence-corrected chi connectivity index (χ3v) is 12.5. The van der Waals surface area contributed by atoms with E-state index < -0.39 is 6.10 Å². The predicted octanol–water partition coefficient (Wildman–Crippen LogP) is 20.1. The summed E-state index contributed by atoms with van der Waals surface area (Å²) in [6.45, 7) is 6.48. The second-order valence-corrected chi connectivity index (χ2v) is 19.5. The van der Waals surface area contributed by atoms with E-state index >= 15 is 0 Å². The fraction of sp³-hybridized carbons (Fsp3) is 0.708. The van der Waals surface area contributed by atoms with E-state index in [1.165, 1.54) is 122 Å². The van der Waals surface area contributed by atoms with Crippen LogP contribution in [0.5, 0.6) is 0 Å². The lowest BCUT2D eigenvalue weighted by molar-refractivity contribution is -0.167. The van der Waals surface area contributed by atoms with Gasteiger partial charge in [-0.25, -0.2) is 0 Å². The van der Waals surface area contributed by atoms with Crippen LogP contribution in [-0.4, -0.2) is 37.2 Å². The van der Waals surface area contributed by atoms with Gasteiger partial charge in [0.15, 0.2) is 6.10 Å². The largest absolute Gasteiger partial charge is 0.462 e. The van der Waals surface area contributed by atoms with Gasteiger partial charge in [-0.05, 0) is 122 Å². The molecule has 406 valence electrons. The SMILES string of the molecule is CC/C=C\C/C=C\C/C=C\C/C=C\C/C=C\C/C=C\CCCCC(=O)OCC(COC(=O)CCCCCCC/C=C\CCCCCCCCC)OC(=O)CCCCCCC/C=C\CCCCCCCCC. The minimum atomic E-state index is -0.805. The summed E-state index contributed by atoms with van der Waals surface area (Å²) < 4.78 is 16.8. The summed E-state index contributed by atoms with van der Waals surface area (Å²) >= 11 is 0. The zero-order valence-electron chi connectivity index (χ0n) is 46.5. The quantitative estimate of drug-likeness (QED) is 0.0261. The summed E-state index contributed by atoms with van der Waals surface area (Å²) in [6, 6.07) is 0. The van der Waals surface area contributed by atoms with Crippen molar-refractivity contribution in [1.82, 2.24) is 0 Å². The molecule has 0 aliphatic heterocycles. The van der Waals surface area contributed by atoms with Crippen LogP contribution >= 0.6 is 0 Å². The lowest BCUT2D eigenvalue weighted by atomic mass is 10.1. The molecular weight excluding hydrogens is 877 g/mol. The molecule has 1 atom stereocenters. The van der Waals surface area contributed by atoms with Gasteiger partial charge in [-0.3, -0.25) is 14.4 Å². The highest BCUT2D eigenvalue weighted by Gasteiger charge is 2.19. The van der Waals surface area contributed by atoms with E-state index in [-0.39, 0.29) is 31.1 Å². The third-order valence-electron chi connectivity index (χ3n) is 12.5. The molecule has 0 radical (unpaired) electrons. The summed E-state index contributed by atoms with van der Waals surface area (Å²) in [7, 11) is 0. The van der Waals surface area contributed by atoms with Crippen LogP contribution in [0.2, 0.25) is 0 Å². The predicted molar refractivity (Wildman–Crippen MR) is 307 cm³/mol. The molecule has 0 heterocycles. The summed E-state index contributed by atoms with van der Waals surface area (Å²) in [5.74, 6) is -0.955. The molecule has 0 aromatic heterocycles. The Morgan fingerprint density at radius 1 is 0.296 bits per heavy atom. The van der Waals surface area contributed by atoms with Crippen LogP contribution in [0.1, 0.15) is 278 Å². The Hall–Kier alpha value is -3.67. The number of hydrogen-bond donors (Lipinski definition) is 0. The minimum absolute atomic E-state index is 0.0990. The number of allylic oxidation sites excluding steroid dienone is 16. The molecule has 6 nitrogen and oxygen atoms in total. The lowest BCUT2D eigenvalue weighted by Crippen LogP contribution is -2.30. The van der Waals surface area contributed by atoms with E-state index in [1.807, 2.05) is 0 Å². The molecule has 0 bridgehead atoms. The van der Waals surface area contributed by atoms with E-state index in [4.69, 9.17) is 14.2 Å². The Kier molecular flexibility index (Phi) is 55.9. The highest BCUT2D eigenvalue weighted by Crippen LogP contribution is 2.14. The van der Waals surface area contributed by atoms with Gasteiger partial charge >= 0.3 is 17.9 Å². The Balaban J connectivity index is 4.48. The topological polar surface area (TPSA) is 78.9 Å². The first-order valence-electron chi connectivity index (χ1n) is 29.7. The number of carbonyl (C=O) groups excluding carboxylic acids is 3. The maximum Gasteiger partial charge on any atom is 0.306 e. The second-order valence-electron chi connectivity index (χ2n) is 19.5. The summed E-state index contributed by atoms with van der Waals surface area (Å²) in [6.07, 6.45) is 78.3. The van der Waals surface area contributed by atoms with Crippen LogP contribution in [-0.2, 0) is 28.6 Å². The van der Waals surface area contributed by atoms with Gasteiger partial charge in [0.05, 0.1) is 0 Å². The van der Waals surface area contributed by atoms with Crippen molar-refractivity contribution < 1.29 is 28.6 Å². The highest BCUT2D eigenvalue weighted by atomic mass is 16.6. The first kappa shape index (κ1) is 67.3. The monoisotopic (exact) mass is 987 g/mol. The zero-order valence-corrected chi connectivity index (χ0v) is 46.5. The number of hydrogen-bond acceptors (Lipinski definition) is 6. The van der Waals surface area contributed by atoms with Crippen molar-refractivity contribution in [3.63, 3.8) is 0 Å². The van der Waals surface area contributed by atoms with E-state index in [2.05, 4.69) is 118 Å². The number of ether oxygens (including phenoxy) is 3. The van der Waals surface area contributed by atoms with E-state index in [0.717, 1.165) is 116 Å². The van der Waals surface area contributed by atoms with E-state index in [1.54, 1.807) is 0 Å². The molecule has 0 spiro atoms. The maximum atomic E-state index is 12.9. The van der Waals surface area contributed by atoms with Crippen LogP contribution in [0.4, 0.5) is 0 Å². The second kappa shape index (κ2) is 58.9. The third kappa shape index (κ3) is 57.1. The Labute approximate surface area is 438 Å². The molecule has 0 rings (SSSR count). The number of carbonyl (C=O) groups is 3. The first-order valence-corrected chi connectivity index (χ1v) is 29.7. The van der Waals surface area contributed by atoms with Gasteiger partial charge in [-0.1, -0.05) is 234 Å². The van der Waals surface area contributed by atoms with Crippen molar-refractivity contribution >= 4 is 17.9 Å². The minimum Gasteiger partial charge on any atom is -0.462 e. The smallest absolute Gasteiger partial charge is 0.306 e. The Morgan fingerprint density at radius 2 is 0.549 bits per heavy atom. The lowest BCUT2D eigenvalue weighted by Gasteiger charge is -2.18. The summed E-state index contributed by atoms with van der Waals surface area (Å²) in [5, 5.41) is 0. The summed E-state index contributed by atoms with van der Waals surface area (Å²) in [4.78, 5) is 38.2. The van der Waals surface area contributed by atoms with Gasteiger partial charge in [0, 0.05) is 19.3 Å². The average Bonchev–Trinajstić information content (AvgIpc) is 3.37. The molecule has 0 saturated heterocycles. The average molecular weight is 988 g/mol. The van der Waals surface area contributed by atoms with Crippen LogP contribution in [0.3, 0.4) is 0 Å². The van der Waals surface area contributed by atoms with Gasteiger partial charge in [-0.2, -0.15) is 0 Å². The van der Waals surface area contributed by atoms with E-state index in [0.29, 0.717) is 19.3 Å². The Morgan fingerprint density at radius 3 is 0.901 bits per heavy atom. The molecule has 1 unspecified atom stereocenters. The standard InChI is InChI=1S/C65H110O6/c1-4-7-10-13-16-19-22-25-28-31-32-33-34-35-38-40-43-46-49-52-55-58-64(67)70-61-62(71-65(68)59-56-53-50-47-44-41-37-30-27-24-21-18-15-12-9-6-3)60-69-63(66)57-54-51-48-45-42-39-36-29-26-23-20-17-14-11-8-5-2/h7,10,16,19,25,28-30,32-33,35-38,43,46,62H,4-6,8-9,11-15,17-18,20-24,26-27,31,34,39-42,44-45,47-61H2,1-3H3/b10-7-,19-16-,28-25-,33-32-,36-29-,37-30-,38-35-,46-43-. The first-order chi connectivity index (χ1) is 35.0. The van der Waals surface area contributed by atoms with Crippen molar-refractivity contribution in [2.24, 2.45) is 0 Å². The van der Waals surface area contributed by atoms with Crippen molar-refractivity contribution in [2.75, 3.05) is 13.2 Å². The van der Waals surface area contributed by atoms with Crippen LogP contribution < -0.4 is 0 Å². The van der Waals surface area contributed by atoms with Crippen molar-refractivity contribution in [3.05, 3.63) is 97.2 Å². The fourth-order valence-corrected chi connectivity index (χ4v) is 8.08. The van der Waals surface area contributed by atoms with Crippen LogP contribution in [0.25, 0.3) is 0 Å². The normalized spacial score (nSPS) is 12.8. The number of unbranched alkanes of at least 4 members (excludes halogenated alkanes) is 26. The molecule has 0 aromatic rings. The van der Waals surface area contributed by atoms with Gasteiger partial charge < -0.3 is 14.2 Å². The van der Waals surface area contributed by atoms with Crippen LogP contribution in [0.15, 0.2) is 97.2 Å². The maximum absolute atomic E-state index is 12.9. The van der Waals surface area contributed by atoms with Crippen molar-refractivity contribution in [2.45, 2.75) is 284 Å². The van der Waals surface area contributed by atoms with Gasteiger partial charge in [-0.15, -0.1) is 0 Å². The molecule has 71 heavy (non-hydrogen) atoms. The number of rotatable bonds is 53. The van der Waals surface area contributed by atoms with E-state index in [9.17, 15) is 14.4 Å². The molecule has 0 saturated carbocycles. The van der Waals surface area contributed by atoms with Gasteiger partial charge in [0.25, 0.3) is 0 Å². The van der Waals surface area contributed by atoms with Crippen LogP contribution in [0, 0.1) is 0 Å². The molecule has 0 fully saturated rings. The molecule has 0 N–H and O–H groups in total. The number of esters is 3. The molecular formula is C65H110O6. The van der Waals surface area contributed by atoms with Gasteiger partial charge in [0.2, 0.25) is 0 Å². The molecule has 0 aliphatic carbocycles. The van der Waals surface area contributed by atoms with Crippen molar-refractivity contribution in [1.29, 1.82) is 0 Å². The zero-order chi connectivity index (χ0) is 51.4. The fourth-order valence-electron chi connectivity index (χ4n) is 8.08. The van der Waals surface area contributed by atoms with Crippen molar-refractivity contribution in [3.8, 4) is 0 Å². The Bertz CT molecular complexity index is 1410. The molecule has 0 amide bonds. The summed E-state index contributed by atoms with van der Waals surface area (Å²) in [5.41, 5.74) is 0. The van der Waals surface area contributed by atoms with Gasteiger partial charge in [0.1, 0.15) is 13.2 Å².